The monoisotopic (exact) mass is 931 g/mol. The summed E-state index contributed by atoms with van der Waals surface area (Å²) in [5.74, 6) is 12.3. The zero-order chi connectivity index (χ0) is 47.3. The minimum Gasteiger partial charge on any atom is -0.249 e. The van der Waals surface area contributed by atoms with Gasteiger partial charge in [0.1, 0.15) is 0 Å². The lowest BCUT2D eigenvalue weighted by Crippen LogP contribution is -2.08. The summed E-state index contributed by atoms with van der Waals surface area (Å²) < 4.78 is 4.30. The van der Waals surface area contributed by atoms with E-state index in [2.05, 4.69) is 106 Å². The quantitative estimate of drug-likeness (QED) is 0.211. The molecule has 376 valence electrons. The minimum absolute atomic E-state index is 0.449. The Balaban J connectivity index is 0.000000113. The first-order chi connectivity index (χ1) is 33.4. The predicted octanol–water partition coefficient (Wildman–Crippen LogP) is 15.1. The van der Waals surface area contributed by atoms with E-state index in [0.717, 1.165) is 110 Å². The Hall–Kier alpha value is -3.04. The van der Waals surface area contributed by atoms with Gasteiger partial charge in [-0.25, -0.2) is 9.36 Å². The molecule has 0 radical (unpaired) electrons. The molecular weight excluding hydrogens is 837 g/mol. The molecule has 68 heavy (non-hydrogen) atoms. The van der Waals surface area contributed by atoms with E-state index in [1.54, 1.807) is 11.1 Å². The summed E-state index contributed by atoms with van der Waals surface area (Å²) in [5.41, 5.74) is 11.4. The topological polar surface area (TPSA) is 111 Å². The van der Waals surface area contributed by atoms with Crippen LogP contribution in [0.3, 0.4) is 0 Å². The second kappa shape index (κ2) is 23.0. The van der Waals surface area contributed by atoms with Crippen LogP contribution in [0.15, 0.2) is 43.0 Å². The van der Waals surface area contributed by atoms with Crippen molar-refractivity contribution in [1.29, 1.82) is 0 Å². The first-order valence-corrected chi connectivity index (χ1v) is 29.5. The highest BCUT2D eigenvalue weighted by molar-refractivity contribution is 5.26. The molecule has 0 saturated heterocycles. The molecule has 10 heteroatoms. The first kappa shape index (κ1) is 49.9. The maximum absolute atomic E-state index is 4.48. The van der Waals surface area contributed by atoms with Crippen LogP contribution in [0.4, 0.5) is 0 Å². The van der Waals surface area contributed by atoms with E-state index >= 15 is 0 Å². The van der Waals surface area contributed by atoms with E-state index < -0.39 is 0 Å². The van der Waals surface area contributed by atoms with E-state index in [0.29, 0.717) is 12.1 Å². The van der Waals surface area contributed by atoms with Gasteiger partial charge in [-0.2, -0.15) is 20.5 Å². The fraction of sp³-hybridized carbons (Fsp3) is 0.862. The maximum atomic E-state index is 4.48. The highest BCUT2D eigenvalue weighted by Crippen LogP contribution is 2.58. The van der Waals surface area contributed by atoms with Gasteiger partial charge in [0, 0.05) is 13.1 Å². The third-order valence-corrected chi connectivity index (χ3v) is 19.7. The van der Waals surface area contributed by atoms with Gasteiger partial charge < -0.3 is 0 Å². The number of aromatic nitrogens is 6. The highest BCUT2D eigenvalue weighted by atomic mass is 15.4. The summed E-state index contributed by atoms with van der Waals surface area (Å²) in [4.78, 5) is 0. The van der Waals surface area contributed by atoms with Gasteiger partial charge >= 0.3 is 0 Å². The normalized spacial score (nSPS) is 35.5. The van der Waals surface area contributed by atoms with Crippen LogP contribution in [-0.4, -0.2) is 42.1 Å². The van der Waals surface area contributed by atoms with Crippen molar-refractivity contribution < 1.29 is 0 Å². The number of fused-ring (bicyclic) bond motifs is 6. The summed E-state index contributed by atoms with van der Waals surface area (Å²) in [6.07, 6.45) is 33.4. The molecule has 0 bridgehead atoms. The predicted molar refractivity (Wildman–Crippen MR) is 275 cm³/mol. The molecule has 2 aliphatic heterocycles. The molecule has 2 aromatic rings. The van der Waals surface area contributed by atoms with Gasteiger partial charge in [0.05, 0.1) is 46.3 Å². The zero-order valence-corrected chi connectivity index (χ0v) is 44.4. The molecule has 0 spiro atoms. The van der Waals surface area contributed by atoms with Crippen LogP contribution in [0.25, 0.3) is 0 Å². The second-order valence-electron chi connectivity index (χ2n) is 23.3. The van der Waals surface area contributed by atoms with Crippen LogP contribution in [0.1, 0.15) is 219 Å². The number of hydrogen-bond acceptors (Lipinski definition) is 8. The summed E-state index contributed by atoms with van der Waals surface area (Å²) in [6.45, 7) is 20.4. The number of aryl methyl sites for hydroxylation is 4. The number of azo groups is 2. The molecule has 4 fully saturated rings. The highest BCUT2D eigenvalue weighted by Gasteiger charge is 2.51. The van der Waals surface area contributed by atoms with Crippen LogP contribution in [0, 0.1) is 71.0 Å². The van der Waals surface area contributed by atoms with E-state index in [1.165, 1.54) is 175 Å². The lowest BCUT2D eigenvalue weighted by Gasteiger charge is -2.14. The minimum atomic E-state index is 0.449. The molecule has 2 aromatic heterocycles. The summed E-state index contributed by atoms with van der Waals surface area (Å²) in [5, 5.41) is 35.3. The first-order valence-electron chi connectivity index (χ1n) is 29.5. The zero-order valence-electron chi connectivity index (χ0n) is 44.4. The summed E-state index contributed by atoms with van der Waals surface area (Å²) in [7, 11) is 0. The molecule has 14 atom stereocenters. The van der Waals surface area contributed by atoms with E-state index in [4.69, 9.17) is 0 Å². The van der Waals surface area contributed by atoms with Crippen molar-refractivity contribution in [3.8, 4) is 0 Å². The molecule has 4 saturated carbocycles. The van der Waals surface area contributed by atoms with Crippen LogP contribution in [-0.2, 0) is 38.8 Å². The van der Waals surface area contributed by atoms with Crippen molar-refractivity contribution in [3.63, 3.8) is 0 Å². The van der Waals surface area contributed by atoms with Crippen LogP contribution in [0.5, 0.6) is 0 Å². The van der Waals surface area contributed by atoms with Gasteiger partial charge in [-0.3, -0.25) is 0 Å². The molecule has 4 heterocycles. The van der Waals surface area contributed by atoms with Gasteiger partial charge in [-0.1, -0.05) is 104 Å². The summed E-state index contributed by atoms with van der Waals surface area (Å²) >= 11 is 0. The lowest BCUT2D eigenvalue weighted by molar-refractivity contribution is 0.527. The Morgan fingerprint density at radius 2 is 0.706 bits per heavy atom. The molecular formula is C58H94N10. The SMILES string of the molecule is CCCC1N=NC2=C1CC[C@@H]1[C@@H](CC)[C@@H]1CC2.CCCC1N=NC2=C1CC[C@@H]1[C@H](CC)[C@@H]1CC2.CCCn1nnc2c1CC[C@H]1[C@@H](CC)[C@H]1CC2.CCCn1nnc2c1CC[C@H]1[C@H](CC)[C@H]1CC2. The van der Waals surface area contributed by atoms with Crippen molar-refractivity contribution >= 4 is 0 Å². The van der Waals surface area contributed by atoms with E-state index in [1.807, 2.05) is 0 Å². The van der Waals surface area contributed by atoms with Crippen LogP contribution >= 0.6 is 0 Å². The van der Waals surface area contributed by atoms with Crippen molar-refractivity contribution in [3.05, 3.63) is 45.3 Å². The smallest absolute Gasteiger partial charge is 0.0943 e. The molecule has 8 aliphatic carbocycles. The van der Waals surface area contributed by atoms with Crippen molar-refractivity contribution in [2.75, 3.05) is 0 Å². The largest absolute Gasteiger partial charge is 0.249 e. The Morgan fingerprint density at radius 1 is 0.382 bits per heavy atom. The van der Waals surface area contributed by atoms with Crippen molar-refractivity contribution in [1.82, 2.24) is 30.0 Å². The third kappa shape index (κ3) is 10.9. The van der Waals surface area contributed by atoms with Crippen LogP contribution in [0.2, 0.25) is 0 Å². The van der Waals surface area contributed by atoms with Gasteiger partial charge in [0.15, 0.2) is 0 Å². The van der Waals surface area contributed by atoms with Gasteiger partial charge in [0.25, 0.3) is 0 Å². The lowest BCUT2D eigenvalue weighted by atomic mass is 9.92. The Morgan fingerprint density at radius 3 is 1.03 bits per heavy atom. The third-order valence-electron chi connectivity index (χ3n) is 19.7. The Kier molecular flexibility index (Phi) is 16.9. The van der Waals surface area contributed by atoms with Gasteiger partial charge in [-0.15, -0.1) is 10.2 Å². The average Bonchev–Trinajstić information content (AvgIpc) is 4.28. The van der Waals surface area contributed by atoms with Gasteiger partial charge in [-0.05, 0) is 211 Å². The summed E-state index contributed by atoms with van der Waals surface area (Å²) in [6, 6.07) is 0.899. The molecule has 0 amide bonds. The van der Waals surface area contributed by atoms with E-state index in [-0.39, 0.29) is 0 Å². The number of rotatable bonds is 12. The van der Waals surface area contributed by atoms with Crippen molar-refractivity contribution in [2.24, 2.45) is 91.5 Å². The number of hydrogen-bond donors (Lipinski definition) is 0. The van der Waals surface area contributed by atoms with Crippen molar-refractivity contribution in [2.45, 2.75) is 248 Å². The average molecular weight is 931 g/mol. The Labute approximate surface area is 412 Å². The Bertz CT molecular complexity index is 1940. The molecule has 10 aliphatic rings. The molecule has 12 rings (SSSR count). The molecule has 2 unspecified atom stereocenters. The number of allylic oxidation sites excluding steroid dienone is 2. The fourth-order valence-corrected chi connectivity index (χ4v) is 15.8. The fourth-order valence-electron chi connectivity index (χ4n) is 15.8. The molecule has 0 N–H and O–H groups in total. The number of nitrogens with zero attached hydrogens (tertiary/aromatic N) is 10. The molecule has 0 aromatic carbocycles. The van der Waals surface area contributed by atoms with Gasteiger partial charge in [0.2, 0.25) is 0 Å². The standard InChI is InChI=1S/2C15H24N2.2C14H23N3/c2*1-3-5-14-13-7-6-11-10(4-2)12(11)8-9-15(13)17-16-14;2*1-3-9-17-14-8-6-12-10(4-2)11(12)5-7-13(14)15-16-17/h2*10-12,14H,3-9H2,1-2H3;2*10-12H,3-9H2,1-2H3/t10-,11+,12-,14?;10-,11-,12+,14?;10-,11+,12-;10-,11-,12+/m0101/s1. The second-order valence-corrected chi connectivity index (χ2v) is 23.3. The molecule has 10 nitrogen and oxygen atoms in total. The van der Waals surface area contributed by atoms with E-state index in [9.17, 15) is 0 Å². The van der Waals surface area contributed by atoms with Crippen LogP contribution < -0.4 is 0 Å². The maximum Gasteiger partial charge on any atom is 0.0943 e.